The van der Waals surface area contributed by atoms with E-state index in [1.165, 1.54) is 0 Å². The van der Waals surface area contributed by atoms with Crippen molar-refractivity contribution < 1.29 is 9.47 Å². The van der Waals surface area contributed by atoms with E-state index >= 15 is 0 Å². The number of anilines is 1. The summed E-state index contributed by atoms with van der Waals surface area (Å²) in [6, 6.07) is 0.243. The largest absolute Gasteiger partial charge is 0.473 e. The van der Waals surface area contributed by atoms with Gasteiger partial charge in [-0.2, -0.15) is 5.10 Å². The number of rotatable bonds is 4. The highest BCUT2D eigenvalue weighted by molar-refractivity contribution is 5.52. The molecule has 0 aliphatic heterocycles. The molecule has 1 fully saturated rings. The normalized spacial score (nSPS) is 23.8. The SMILES string of the molecule is COC1CCCC(Oc2c(N)c(C)nn2C(C)C)C1. The summed E-state index contributed by atoms with van der Waals surface area (Å²) in [4.78, 5) is 0. The summed E-state index contributed by atoms with van der Waals surface area (Å²) >= 11 is 0. The lowest BCUT2D eigenvalue weighted by atomic mass is 9.95. The van der Waals surface area contributed by atoms with Crippen molar-refractivity contribution in [1.29, 1.82) is 0 Å². The molecular formula is C14H25N3O2. The minimum Gasteiger partial charge on any atom is -0.473 e. The predicted molar refractivity (Wildman–Crippen MR) is 75.4 cm³/mol. The van der Waals surface area contributed by atoms with Crippen LogP contribution in [0.4, 0.5) is 5.69 Å². The van der Waals surface area contributed by atoms with Crippen LogP contribution in [-0.2, 0) is 4.74 Å². The van der Waals surface area contributed by atoms with Crippen LogP contribution in [0.15, 0.2) is 0 Å². The Morgan fingerprint density at radius 2 is 2.00 bits per heavy atom. The summed E-state index contributed by atoms with van der Waals surface area (Å²) in [5, 5.41) is 4.45. The molecule has 2 unspecified atom stereocenters. The van der Waals surface area contributed by atoms with Gasteiger partial charge in [-0.1, -0.05) is 0 Å². The summed E-state index contributed by atoms with van der Waals surface area (Å²) in [7, 11) is 1.77. The molecule has 5 nitrogen and oxygen atoms in total. The van der Waals surface area contributed by atoms with E-state index < -0.39 is 0 Å². The van der Waals surface area contributed by atoms with Crippen molar-refractivity contribution in [3.63, 3.8) is 0 Å². The fourth-order valence-corrected chi connectivity index (χ4v) is 2.59. The van der Waals surface area contributed by atoms with E-state index in [4.69, 9.17) is 15.2 Å². The van der Waals surface area contributed by atoms with E-state index in [2.05, 4.69) is 18.9 Å². The summed E-state index contributed by atoms with van der Waals surface area (Å²) in [6.45, 7) is 6.08. The van der Waals surface area contributed by atoms with Gasteiger partial charge in [0.05, 0.1) is 17.8 Å². The molecule has 108 valence electrons. The number of aryl methyl sites for hydroxylation is 1. The number of ether oxygens (including phenoxy) is 2. The number of hydrogen-bond acceptors (Lipinski definition) is 4. The Hall–Kier alpha value is -1.23. The van der Waals surface area contributed by atoms with E-state index in [0.29, 0.717) is 17.7 Å². The van der Waals surface area contributed by atoms with Crippen LogP contribution >= 0.6 is 0 Å². The molecule has 1 aliphatic rings. The highest BCUT2D eigenvalue weighted by atomic mass is 16.5. The second kappa shape index (κ2) is 5.82. The van der Waals surface area contributed by atoms with Gasteiger partial charge >= 0.3 is 0 Å². The van der Waals surface area contributed by atoms with Crippen LogP contribution in [0.2, 0.25) is 0 Å². The Balaban J connectivity index is 2.14. The molecule has 2 rings (SSSR count). The zero-order chi connectivity index (χ0) is 14.0. The molecule has 0 radical (unpaired) electrons. The van der Waals surface area contributed by atoms with Crippen molar-refractivity contribution in [1.82, 2.24) is 9.78 Å². The van der Waals surface area contributed by atoms with Crippen molar-refractivity contribution in [2.24, 2.45) is 0 Å². The molecule has 0 bridgehead atoms. The average Bonchev–Trinajstić information content (AvgIpc) is 2.67. The van der Waals surface area contributed by atoms with Gasteiger partial charge in [0.2, 0.25) is 5.88 Å². The Morgan fingerprint density at radius 3 is 2.63 bits per heavy atom. The van der Waals surface area contributed by atoms with Crippen molar-refractivity contribution in [3.8, 4) is 5.88 Å². The minimum absolute atomic E-state index is 0.176. The first-order valence-electron chi connectivity index (χ1n) is 7.07. The Labute approximate surface area is 115 Å². The van der Waals surface area contributed by atoms with E-state index in [-0.39, 0.29) is 12.1 Å². The van der Waals surface area contributed by atoms with Crippen molar-refractivity contribution >= 4 is 5.69 Å². The Morgan fingerprint density at radius 1 is 1.32 bits per heavy atom. The maximum Gasteiger partial charge on any atom is 0.236 e. The molecule has 1 heterocycles. The van der Waals surface area contributed by atoms with Gasteiger partial charge in [0.25, 0.3) is 0 Å². The fraction of sp³-hybridized carbons (Fsp3) is 0.786. The lowest BCUT2D eigenvalue weighted by Gasteiger charge is -2.29. The van der Waals surface area contributed by atoms with Crippen LogP contribution < -0.4 is 10.5 Å². The molecule has 19 heavy (non-hydrogen) atoms. The van der Waals surface area contributed by atoms with E-state index in [0.717, 1.165) is 31.4 Å². The number of hydrogen-bond donors (Lipinski definition) is 1. The molecule has 1 aliphatic carbocycles. The number of nitrogens with zero attached hydrogens (tertiary/aromatic N) is 2. The summed E-state index contributed by atoms with van der Waals surface area (Å²) in [5.74, 6) is 0.717. The first-order chi connectivity index (χ1) is 9.02. The third-order valence-electron chi connectivity index (χ3n) is 3.76. The van der Waals surface area contributed by atoms with Crippen LogP contribution in [0.25, 0.3) is 0 Å². The Bertz CT molecular complexity index is 429. The van der Waals surface area contributed by atoms with Gasteiger partial charge in [-0.25, -0.2) is 4.68 Å². The average molecular weight is 267 g/mol. The van der Waals surface area contributed by atoms with Crippen LogP contribution in [0, 0.1) is 6.92 Å². The third kappa shape index (κ3) is 3.03. The predicted octanol–water partition coefficient (Wildman–Crippen LogP) is 2.69. The highest BCUT2D eigenvalue weighted by Gasteiger charge is 2.26. The van der Waals surface area contributed by atoms with Crippen LogP contribution in [-0.4, -0.2) is 29.1 Å². The zero-order valence-electron chi connectivity index (χ0n) is 12.3. The quantitative estimate of drug-likeness (QED) is 0.911. The second-order valence-electron chi connectivity index (χ2n) is 5.61. The number of methoxy groups -OCH3 is 1. The lowest BCUT2D eigenvalue weighted by molar-refractivity contribution is 0.0177. The highest BCUT2D eigenvalue weighted by Crippen LogP contribution is 2.32. The van der Waals surface area contributed by atoms with Gasteiger partial charge in [-0.3, -0.25) is 0 Å². The summed E-state index contributed by atoms with van der Waals surface area (Å²) < 4.78 is 13.4. The summed E-state index contributed by atoms with van der Waals surface area (Å²) in [5.41, 5.74) is 7.58. The number of nitrogens with two attached hydrogens (primary N) is 1. The molecule has 0 saturated heterocycles. The molecule has 0 spiro atoms. The van der Waals surface area contributed by atoms with E-state index in [1.54, 1.807) is 7.11 Å². The van der Waals surface area contributed by atoms with Gasteiger partial charge in [-0.05, 0) is 40.0 Å². The maximum absolute atomic E-state index is 6.13. The van der Waals surface area contributed by atoms with Crippen molar-refractivity contribution in [2.75, 3.05) is 12.8 Å². The first-order valence-corrected chi connectivity index (χ1v) is 7.07. The van der Waals surface area contributed by atoms with E-state index in [9.17, 15) is 0 Å². The fourth-order valence-electron chi connectivity index (χ4n) is 2.59. The molecule has 1 aromatic heterocycles. The molecule has 0 aromatic carbocycles. The van der Waals surface area contributed by atoms with Crippen molar-refractivity contribution in [3.05, 3.63) is 5.69 Å². The first kappa shape index (κ1) is 14.2. The lowest BCUT2D eigenvalue weighted by Crippen LogP contribution is -2.30. The molecule has 5 heteroatoms. The van der Waals surface area contributed by atoms with Crippen LogP contribution in [0.1, 0.15) is 51.3 Å². The molecular weight excluding hydrogens is 242 g/mol. The van der Waals surface area contributed by atoms with Gasteiger partial charge in [-0.15, -0.1) is 0 Å². The maximum atomic E-state index is 6.13. The minimum atomic E-state index is 0.176. The monoisotopic (exact) mass is 267 g/mol. The van der Waals surface area contributed by atoms with Gasteiger partial charge in [0, 0.05) is 13.5 Å². The van der Waals surface area contributed by atoms with Crippen LogP contribution in [0.3, 0.4) is 0 Å². The number of nitrogen functional groups attached to an aromatic ring is 1. The van der Waals surface area contributed by atoms with Gasteiger partial charge < -0.3 is 15.2 Å². The number of aromatic nitrogens is 2. The molecule has 0 amide bonds. The molecule has 1 saturated carbocycles. The zero-order valence-corrected chi connectivity index (χ0v) is 12.3. The Kier molecular flexibility index (Phi) is 4.34. The third-order valence-corrected chi connectivity index (χ3v) is 3.76. The van der Waals surface area contributed by atoms with Crippen LogP contribution in [0.5, 0.6) is 5.88 Å². The smallest absolute Gasteiger partial charge is 0.236 e. The topological polar surface area (TPSA) is 62.3 Å². The molecule has 2 N–H and O–H groups in total. The van der Waals surface area contributed by atoms with E-state index in [1.807, 2.05) is 11.6 Å². The molecule has 2 atom stereocenters. The summed E-state index contributed by atoms with van der Waals surface area (Å²) in [6.07, 6.45) is 4.72. The van der Waals surface area contributed by atoms with Gasteiger partial charge in [0.1, 0.15) is 11.8 Å². The molecule has 1 aromatic rings. The van der Waals surface area contributed by atoms with Gasteiger partial charge in [0.15, 0.2) is 0 Å². The second-order valence-corrected chi connectivity index (χ2v) is 5.61. The van der Waals surface area contributed by atoms with Crippen molar-refractivity contribution in [2.45, 2.75) is 64.7 Å². The standard InChI is InChI=1S/C14H25N3O2/c1-9(2)17-14(13(15)10(3)16-17)19-12-7-5-6-11(8-12)18-4/h9,11-12H,5-8,15H2,1-4H3.